The lowest BCUT2D eigenvalue weighted by atomic mass is 9.84. The van der Waals surface area contributed by atoms with Crippen molar-refractivity contribution in [2.75, 3.05) is 0 Å². The molecule has 4 rings (SSSR count). The van der Waals surface area contributed by atoms with Crippen molar-refractivity contribution in [3.05, 3.63) is 71.6 Å². The van der Waals surface area contributed by atoms with Gasteiger partial charge in [-0.15, -0.1) is 0 Å². The molecule has 0 aromatic carbocycles. The van der Waals surface area contributed by atoms with Crippen LogP contribution in [-0.4, -0.2) is 32.3 Å². The number of hydrogen-bond donors (Lipinski definition) is 1. The van der Waals surface area contributed by atoms with Crippen LogP contribution in [0.3, 0.4) is 0 Å². The summed E-state index contributed by atoms with van der Waals surface area (Å²) in [6.07, 6.45) is 8.77. The highest BCUT2D eigenvalue weighted by atomic mass is 35.5. The van der Waals surface area contributed by atoms with E-state index in [1.165, 1.54) is 43.7 Å². The van der Waals surface area contributed by atoms with Gasteiger partial charge >= 0.3 is 0 Å². The molecule has 0 saturated heterocycles. The molecule has 0 aliphatic heterocycles. The van der Waals surface area contributed by atoms with Crippen molar-refractivity contribution in [3.8, 4) is 0 Å². The first-order valence-electron chi connectivity index (χ1n) is 7.77. The molecule has 26 heavy (non-hydrogen) atoms. The van der Waals surface area contributed by atoms with Gasteiger partial charge in [0.05, 0.1) is 6.20 Å². The normalized spacial score (nSPS) is 23.3. The number of fused-ring (bicyclic) bond motifs is 1. The lowest BCUT2D eigenvalue weighted by Gasteiger charge is -2.34. The van der Waals surface area contributed by atoms with E-state index in [0.29, 0.717) is 16.1 Å². The van der Waals surface area contributed by atoms with E-state index in [1.54, 1.807) is 18.2 Å². The molecule has 0 spiro atoms. The maximum atomic E-state index is 14.2. The van der Waals surface area contributed by atoms with Gasteiger partial charge in [-0.1, -0.05) is 23.8 Å². The van der Waals surface area contributed by atoms with E-state index in [9.17, 15) is 12.8 Å². The maximum absolute atomic E-state index is 14.2. The molecule has 1 N–H and O–H groups in total. The number of nitrogens with one attached hydrogen (secondary N) is 1. The summed E-state index contributed by atoms with van der Waals surface area (Å²) < 4.78 is 40.9. The van der Waals surface area contributed by atoms with Crippen LogP contribution in [0.15, 0.2) is 60.0 Å². The summed E-state index contributed by atoms with van der Waals surface area (Å²) in [4.78, 5) is 4.18. The van der Waals surface area contributed by atoms with Crippen LogP contribution in [-0.2, 0) is 10.0 Å². The third-order valence-electron chi connectivity index (χ3n) is 4.70. The predicted molar refractivity (Wildman–Crippen MR) is 96.8 cm³/mol. The molecule has 0 amide bonds. The van der Waals surface area contributed by atoms with E-state index < -0.39 is 26.6 Å². The zero-order chi connectivity index (χ0) is 18.5. The predicted octanol–water partition coefficient (Wildman–Crippen LogP) is 3.31. The minimum Gasteiger partial charge on any atom is -0.253 e. The van der Waals surface area contributed by atoms with Gasteiger partial charge in [0, 0.05) is 34.3 Å². The van der Waals surface area contributed by atoms with Gasteiger partial charge in [-0.05, 0) is 31.2 Å². The number of nitrogens with zero attached hydrogens (tertiary/aromatic N) is 3. The topological polar surface area (TPSA) is 80.6 Å². The number of hydrogen-bond acceptors (Lipinski definition) is 4. The Morgan fingerprint density at radius 1 is 1.38 bits per heavy atom. The van der Waals surface area contributed by atoms with E-state index in [0.717, 1.165) is 3.97 Å². The number of H-pyrrole nitrogens is 1. The van der Waals surface area contributed by atoms with Crippen LogP contribution in [0.25, 0.3) is 11.0 Å². The van der Waals surface area contributed by atoms with Crippen molar-refractivity contribution in [3.63, 3.8) is 0 Å². The van der Waals surface area contributed by atoms with Crippen molar-refractivity contribution >= 4 is 32.7 Å². The number of allylic oxidation sites excluding steroid dienone is 3. The quantitative estimate of drug-likeness (QED) is 0.741. The van der Waals surface area contributed by atoms with Crippen molar-refractivity contribution in [2.24, 2.45) is 0 Å². The number of pyridine rings is 1. The summed E-state index contributed by atoms with van der Waals surface area (Å²) in [5.74, 6) is -1.55. The molecular formula is C17H14ClFN4O2S. The smallest absolute Gasteiger partial charge is 0.250 e. The van der Waals surface area contributed by atoms with Gasteiger partial charge < -0.3 is 0 Å². The SMILES string of the molecule is CC1(S(=O)(=O)n2ccc3cccnc32)C=CC(Cl)=CC1c1cn[nH]c1F. The number of halogens is 2. The third kappa shape index (κ3) is 2.33. The Kier molecular flexibility index (Phi) is 3.78. The van der Waals surface area contributed by atoms with Gasteiger partial charge in [-0.2, -0.15) is 9.49 Å². The fraction of sp³-hybridized carbons (Fsp3) is 0.176. The van der Waals surface area contributed by atoms with Gasteiger partial charge in [0.2, 0.25) is 16.0 Å². The molecule has 0 radical (unpaired) electrons. The summed E-state index contributed by atoms with van der Waals surface area (Å²) in [6, 6.07) is 5.18. The highest BCUT2D eigenvalue weighted by Crippen LogP contribution is 2.43. The zero-order valence-electron chi connectivity index (χ0n) is 13.6. The van der Waals surface area contributed by atoms with Crippen LogP contribution >= 0.6 is 11.6 Å². The van der Waals surface area contributed by atoms with Crippen LogP contribution in [0.4, 0.5) is 4.39 Å². The first-order valence-corrected chi connectivity index (χ1v) is 9.59. The van der Waals surface area contributed by atoms with Crippen LogP contribution in [0.2, 0.25) is 0 Å². The van der Waals surface area contributed by atoms with Crippen molar-refractivity contribution in [1.82, 2.24) is 19.2 Å². The van der Waals surface area contributed by atoms with E-state index in [-0.39, 0.29) is 5.56 Å². The average molecular weight is 393 g/mol. The number of aromatic amines is 1. The largest absolute Gasteiger partial charge is 0.253 e. The Hall–Kier alpha value is -2.45. The molecule has 3 aromatic rings. The van der Waals surface area contributed by atoms with Gasteiger partial charge in [0.25, 0.3) is 0 Å². The molecule has 9 heteroatoms. The van der Waals surface area contributed by atoms with Crippen LogP contribution in [0, 0.1) is 5.95 Å². The first-order chi connectivity index (χ1) is 12.3. The fourth-order valence-corrected chi connectivity index (χ4v) is 5.19. The van der Waals surface area contributed by atoms with E-state index in [4.69, 9.17) is 11.6 Å². The van der Waals surface area contributed by atoms with Gasteiger partial charge in [-0.3, -0.25) is 5.10 Å². The molecule has 2 unspecified atom stereocenters. The second-order valence-corrected chi connectivity index (χ2v) is 8.88. The summed E-state index contributed by atoms with van der Waals surface area (Å²) in [7, 11) is -4.00. The summed E-state index contributed by atoms with van der Waals surface area (Å²) in [6.45, 7) is 1.53. The van der Waals surface area contributed by atoms with Gasteiger partial charge in [-0.25, -0.2) is 17.4 Å². The molecule has 3 heterocycles. The van der Waals surface area contributed by atoms with Crippen LogP contribution in [0.5, 0.6) is 0 Å². The highest BCUT2D eigenvalue weighted by molar-refractivity contribution is 7.91. The van der Waals surface area contributed by atoms with Gasteiger partial charge in [0.15, 0.2) is 5.65 Å². The molecule has 134 valence electrons. The summed E-state index contributed by atoms with van der Waals surface area (Å²) >= 11 is 6.09. The second-order valence-electron chi connectivity index (χ2n) is 6.22. The Morgan fingerprint density at radius 2 is 2.19 bits per heavy atom. The minimum absolute atomic E-state index is 0.128. The molecule has 2 atom stereocenters. The Morgan fingerprint density at radius 3 is 2.92 bits per heavy atom. The summed E-state index contributed by atoms with van der Waals surface area (Å²) in [5, 5.41) is 6.90. The lowest BCUT2D eigenvalue weighted by molar-refractivity contribution is 0.516. The molecule has 1 aliphatic rings. The molecule has 3 aromatic heterocycles. The van der Waals surface area contributed by atoms with Crippen LogP contribution in [0.1, 0.15) is 18.4 Å². The summed E-state index contributed by atoms with van der Waals surface area (Å²) in [5.41, 5.74) is 0.442. The maximum Gasteiger partial charge on any atom is 0.250 e. The second kappa shape index (κ2) is 5.78. The molecule has 0 saturated carbocycles. The van der Waals surface area contributed by atoms with E-state index in [1.807, 2.05) is 0 Å². The number of aromatic nitrogens is 4. The number of rotatable bonds is 3. The van der Waals surface area contributed by atoms with Crippen molar-refractivity contribution in [2.45, 2.75) is 17.6 Å². The third-order valence-corrected chi connectivity index (χ3v) is 7.27. The standard InChI is InChI=1S/C17H14ClFN4O2S/c1-17(6-4-12(18)9-14(17)13-10-21-22-15(13)19)26(24,25)23-8-5-11-3-2-7-20-16(11)23/h2-10,14H,1H3,(H,21,22). The molecule has 1 aliphatic carbocycles. The first kappa shape index (κ1) is 17.0. The van der Waals surface area contributed by atoms with Crippen LogP contribution < -0.4 is 0 Å². The highest BCUT2D eigenvalue weighted by Gasteiger charge is 2.48. The molecule has 6 nitrogen and oxygen atoms in total. The fourth-order valence-electron chi connectivity index (χ4n) is 3.22. The Labute approximate surface area is 154 Å². The molecule has 0 bridgehead atoms. The van der Waals surface area contributed by atoms with E-state index in [2.05, 4.69) is 15.2 Å². The zero-order valence-corrected chi connectivity index (χ0v) is 15.2. The lowest BCUT2D eigenvalue weighted by Crippen LogP contribution is -2.43. The Bertz CT molecular complexity index is 1160. The van der Waals surface area contributed by atoms with Crippen molar-refractivity contribution in [1.29, 1.82) is 0 Å². The monoisotopic (exact) mass is 392 g/mol. The molecule has 0 fully saturated rings. The van der Waals surface area contributed by atoms with Crippen molar-refractivity contribution < 1.29 is 12.8 Å². The minimum atomic E-state index is -4.00. The molecular weight excluding hydrogens is 379 g/mol. The average Bonchev–Trinajstić information content (AvgIpc) is 3.23. The van der Waals surface area contributed by atoms with Gasteiger partial charge in [0.1, 0.15) is 4.75 Å². The van der Waals surface area contributed by atoms with E-state index >= 15 is 0 Å². The Balaban J connectivity index is 1.94.